The minimum Gasteiger partial charge on any atom is -0.255 e. The maximum atomic E-state index is 5.19. The van der Waals surface area contributed by atoms with Gasteiger partial charge in [0.05, 0.1) is 5.52 Å². The van der Waals surface area contributed by atoms with Gasteiger partial charge in [0.15, 0.2) is 17.5 Å². The molecule has 8 rings (SSSR count). The molecule has 0 bridgehead atoms. The first-order valence-corrected chi connectivity index (χ1v) is 14.0. The molecule has 196 valence electrons. The van der Waals surface area contributed by atoms with Crippen LogP contribution in [0.15, 0.2) is 146 Å². The van der Waals surface area contributed by atoms with Gasteiger partial charge in [-0.25, -0.2) is 15.0 Å². The van der Waals surface area contributed by atoms with E-state index in [1.807, 2.05) is 54.7 Å². The van der Waals surface area contributed by atoms with Crippen LogP contribution in [0.1, 0.15) is 0 Å². The van der Waals surface area contributed by atoms with Gasteiger partial charge in [-0.3, -0.25) is 4.98 Å². The van der Waals surface area contributed by atoms with Crippen molar-refractivity contribution >= 4 is 32.4 Å². The van der Waals surface area contributed by atoms with Gasteiger partial charge in [0.1, 0.15) is 0 Å². The van der Waals surface area contributed by atoms with Gasteiger partial charge in [0.25, 0.3) is 0 Å². The number of nitrogens with zero attached hydrogens (tertiary/aromatic N) is 4. The van der Waals surface area contributed by atoms with Crippen molar-refractivity contribution in [3.8, 4) is 45.3 Å². The Kier molecular flexibility index (Phi) is 5.75. The van der Waals surface area contributed by atoms with Crippen LogP contribution in [0.2, 0.25) is 0 Å². The van der Waals surface area contributed by atoms with E-state index in [1.54, 1.807) is 0 Å². The van der Waals surface area contributed by atoms with Gasteiger partial charge in [0, 0.05) is 28.3 Å². The molecule has 0 radical (unpaired) electrons. The van der Waals surface area contributed by atoms with Crippen molar-refractivity contribution < 1.29 is 0 Å². The largest absolute Gasteiger partial charge is 0.255 e. The Bertz CT molecular complexity index is 2180. The van der Waals surface area contributed by atoms with Gasteiger partial charge in [-0.1, -0.05) is 127 Å². The molecule has 0 aliphatic carbocycles. The second kappa shape index (κ2) is 10.0. The van der Waals surface area contributed by atoms with Crippen LogP contribution in [0, 0.1) is 0 Å². The van der Waals surface area contributed by atoms with Crippen LogP contribution in [0.25, 0.3) is 77.7 Å². The van der Waals surface area contributed by atoms with Gasteiger partial charge in [-0.05, 0) is 44.8 Å². The second-order valence-electron chi connectivity index (χ2n) is 10.3. The molecule has 2 aromatic heterocycles. The summed E-state index contributed by atoms with van der Waals surface area (Å²) in [6.07, 6.45) is 1.81. The first-order chi connectivity index (χ1) is 20.8. The highest BCUT2D eigenvalue weighted by molar-refractivity contribution is 6.20. The monoisotopic (exact) mass is 536 g/mol. The van der Waals surface area contributed by atoms with Crippen molar-refractivity contribution in [1.29, 1.82) is 0 Å². The summed E-state index contributed by atoms with van der Waals surface area (Å²) >= 11 is 0. The third-order valence-corrected chi connectivity index (χ3v) is 7.76. The van der Waals surface area contributed by atoms with E-state index in [4.69, 9.17) is 19.9 Å². The van der Waals surface area contributed by atoms with Crippen molar-refractivity contribution in [2.45, 2.75) is 0 Å². The lowest BCUT2D eigenvalue weighted by atomic mass is 9.88. The highest BCUT2D eigenvalue weighted by atomic mass is 15.0. The standard InChI is InChI=1S/C38H24N4/c1-3-13-25(14-4-1)33-28-19-7-9-21-30(28)34(31-22-10-8-20-29(31)33)38-41-36(27-15-5-2-6-16-27)40-37(42-38)32-23-11-17-26-18-12-24-39-35(26)32/h1-24H. The molecule has 0 saturated carbocycles. The Morgan fingerprint density at radius 3 is 1.55 bits per heavy atom. The molecule has 0 saturated heterocycles. The fourth-order valence-corrected chi connectivity index (χ4v) is 5.89. The first-order valence-electron chi connectivity index (χ1n) is 14.0. The zero-order chi connectivity index (χ0) is 27.9. The first kappa shape index (κ1) is 24.1. The summed E-state index contributed by atoms with van der Waals surface area (Å²) in [5.41, 5.74) is 6.06. The number of rotatable bonds is 4. The Morgan fingerprint density at radius 1 is 0.357 bits per heavy atom. The number of hydrogen-bond acceptors (Lipinski definition) is 4. The number of hydrogen-bond donors (Lipinski definition) is 0. The van der Waals surface area contributed by atoms with Crippen LogP contribution < -0.4 is 0 Å². The average Bonchev–Trinajstić information content (AvgIpc) is 3.07. The van der Waals surface area contributed by atoms with E-state index in [-0.39, 0.29) is 0 Å². The minimum atomic E-state index is 0.600. The molecule has 0 N–H and O–H groups in total. The summed E-state index contributed by atoms with van der Waals surface area (Å²) < 4.78 is 0. The Hall–Kier alpha value is -5.74. The molecular formula is C38H24N4. The summed E-state index contributed by atoms with van der Waals surface area (Å²) in [4.78, 5) is 20.0. The molecule has 4 nitrogen and oxygen atoms in total. The third kappa shape index (κ3) is 4.01. The van der Waals surface area contributed by atoms with Crippen LogP contribution in [-0.2, 0) is 0 Å². The lowest BCUT2D eigenvalue weighted by Crippen LogP contribution is -2.02. The molecular weight excluding hydrogens is 512 g/mol. The topological polar surface area (TPSA) is 51.6 Å². The van der Waals surface area contributed by atoms with Crippen LogP contribution in [-0.4, -0.2) is 19.9 Å². The molecule has 2 heterocycles. The van der Waals surface area contributed by atoms with E-state index in [2.05, 4.69) is 91.0 Å². The summed E-state index contributed by atoms with van der Waals surface area (Å²) in [5, 5.41) is 5.56. The van der Waals surface area contributed by atoms with Gasteiger partial charge >= 0.3 is 0 Å². The number of fused-ring (bicyclic) bond motifs is 3. The van der Waals surface area contributed by atoms with E-state index in [0.717, 1.165) is 49.1 Å². The van der Waals surface area contributed by atoms with Crippen molar-refractivity contribution in [2.24, 2.45) is 0 Å². The average molecular weight is 537 g/mol. The number of para-hydroxylation sites is 1. The second-order valence-corrected chi connectivity index (χ2v) is 10.3. The quantitative estimate of drug-likeness (QED) is 0.210. The van der Waals surface area contributed by atoms with E-state index < -0.39 is 0 Å². The van der Waals surface area contributed by atoms with Crippen molar-refractivity contribution in [3.63, 3.8) is 0 Å². The molecule has 0 fully saturated rings. The predicted molar refractivity (Wildman–Crippen MR) is 172 cm³/mol. The van der Waals surface area contributed by atoms with Gasteiger partial charge in [0.2, 0.25) is 0 Å². The Labute approximate surface area is 243 Å². The SMILES string of the molecule is c1ccc(-c2nc(-c3c4ccccc4c(-c4ccccc4)c4ccccc34)nc(-c3cccc4cccnc34)n2)cc1. The summed E-state index contributed by atoms with van der Waals surface area (Å²) in [5.74, 6) is 1.87. The van der Waals surface area contributed by atoms with Crippen molar-refractivity contribution in [1.82, 2.24) is 19.9 Å². The van der Waals surface area contributed by atoms with E-state index in [0.29, 0.717) is 17.5 Å². The minimum absolute atomic E-state index is 0.600. The normalized spacial score (nSPS) is 11.3. The van der Waals surface area contributed by atoms with Crippen LogP contribution in [0.5, 0.6) is 0 Å². The summed E-state index contributed by atoms with van der Waals surface area (Å²) in [6, 6.07) is 48.0. The van der Waals surface area contributed by atoms with E-state index in [9.17, 15) is 0 Å². The van der Waals surface area contributed by atoms with Crippen LogP contribution in [0.3, 0.4) is 0 Å². The molecule has 0 amide bonds. The number of benzene rings is 6. The number of aromatic nitrogens is 4. The lowest BCUT2D eigenvalue weighted by molar-refractivity contribution is 1.08. The van der Waals surface area contributed by atoms with E-state index >= 15 is 0 Å². The van der Waals surface area contributed by atoms with Crippen molar-refractivity contribution in [2.75, 3.05) is 0 Å². The Morgan fingerprint density at radius 2 is 0.881 bits per heavy atom. The molecule has 0 unspecified atom stereocenters. The molecule has 8 aromatic rings. The van der Waals surface area contributed by atoms with Gasteiger partial charge in [-0.2, -0.15) is 0 Å². The predicted octanol–water partition coefficient (Wildman–Crippen LogP) is 9.39. The molecule has 6 aromatic carbocycles. The van der Waals surface area contributed by atoms with Gasteiger partial charge in [-0.15, -0.1) is 0 Å². The zero-order valence-corrected chi connectivity index (χ0v) is 22.6. The lowest BCUT2D eigenvalue weighted by Gasteiger charge is -2.17. The highest BCUT2D eigenvalue weighted by Crippen LogP contribution is 2.43. The van der Waals surface area contributed by atoms with Crippen LogP contribution in [0.4, 0.5) is 0 Å². The van der Waals surface area contributed by atoms with E-state index in [1.165, 1.54) is 11.1 Å². The molecule has 0 aliphatic rings. The summed E-state index contributed by atoms with van der Waals surface area (Å²) in [7, 11) is 0. The fourth-order valence-electron chi connectivity index (χ4n) is 5.89. The number of pyridine rings is 1. The molecule has 0 atom stereocenters. The summed E-state index contributed by atoms with van der Waals surface area (Å²) in [6.45, 7) is 0. The molecule has 42 heavy (non-hydrogen) atoms. The Balaban J connectivity index is 1.49. The third-order valence-electron chi connectivity index (χ3n) is 7.76. The molecule has 0 aliphatic heterocycles. The zero-order valence-electron chi connectivity index (χ0n) is 22.6. The molecule has 0 spiro atoms. The van der Waals surface area contributed by atoms with Crippen LogP contribution >= 0.6 is 0 Å². The maximum Gasteiger partial charge on any atom is 0.166 e. The molecule has 4 heteroatoms. The smallest absolute Gasteiger partial charge is 0.166 e. The maximum absolute atomic E-state index is 5.19. The van der Waals surface area contributed by atoms with Gasteiger partial charge < -0.3 is 0 Å². The highest BCUT2D eigenvalue weighted by Gasteiger charge is 2.21. The van der Waals surface area contributed by atoms with Crippen molar-refractivity contribution in [3.05, 3.63) is 146 Å². The fraction of sp³-hybridized carbons (Fsp3) is 0.